The van der Waals surface area contributed by atoms with Gasteiger partial charge in [0.15, 0.2) is 0 Å². The van der Waals surface area contributed by atoms with E-state index in [4.69, 9.17) is 0 Å². The fraction of sp³-hybridized carbons (Fsp3) is 0.917. The van der Waals surface area contributed by atoms with Crippen molar-refractivity contribution in [3.63, 3.8) is 0 Å². The third kappa shape index (κ3) is 6.08. The summed E-state index contributed by atoms with van der Waals surface area (Å²) in [5, 5.41) is 12.3. The van der Waals surface area contributed by atoms with E-state index in [0.717, 1.165) is 45.3 Å². The van der Waals surface area contributed by atoms with Gasteiger partial charge in [-0.05, 0) is 52.4 Å². The van der Waals surface area contributed by atoms with Crippen molar-refractivity contribution in [3.8, 4) is 0 Å². The maximum atomic E-state index is 11.2. The average Bonchev–Trinajstić information content (AvgIpc) is 2.24. The van der Waals surface area contributed by atoms with Gasteiger partial charge in [0.2, 0.25) is 0 Å². The molecule has 2 N–H and O–H groups in total. The molecular formula is C12H26N2O2. The van der Waals surface area contributed by atoms with Gasteiger partial charge >= 0.3 is 5.97 Å². The van der Waals surface area contributed by atoms with Crippen LogP contribution in [-0.2, 0) is 4.79 Å². The summed E-state index contributed by atoms with van der Waals surface area (Å²) in [6, 6.07) is -0.312. The summed E-state index contributed by atoms with van der Waals surface area (Å²) >= 11 is 0. The van der Waals surface area contributed by atoms with Gasteiger partial charge in [0.05, 0.1) is 0 Å². The van der Waals surface area contributed by atoms with Gasteiger partial charge in [-0.2, -0.15) is 0 Å². The van der Waals surface area contributed by atoms with Crippen LogP contribution >= 0.6 is 0 Å². The smallest absolute Gasteiger partial charge is 0.320 e. The van der Waals surface area contributed by atoms with Crippen molar-refractivity contribution in [3.05, 3.63) is 0 Å². The molecule has 0 amide bonds. The van der Waals surface area contributed by atoms with Crippen molar-refractivity contribution in [2.45, 2.75) is 45.6 Å². The molecule has 96 valence electrons. The lowest BCUT2D eigenvalue weighted by Gasteiger charge is -2.28. The molecule has 0 aliphatic carbocycles. The molecule has 0 rings (SSSR count). The lowest BCUT2D eigenvalue weighted by molar-refractivity contribution is -0.143. The number of aliphatic carboxylic acids is 1. The minimum absolute atomic E-state index is 0.312. The van der Waals surface area contributed by atoms with E-state index in [9.17, 15) is 9.90 Å². The van der Waals surface area contributed by atoms with E-state index in [-0.39, 0.29) is 6.04 Å². The number of hydrogen-bond donors (Lipinski definition) is 2. The molecular weight excluding hydrogens is 204 g/mol. The number of carbonyl (C=O) groups is 1. The Morgan fingerprint density at radius 1 is 1.31 bits per heavy atom. The Morgan fingerprint density at radius 2 is 1.88 bits per heavy atom. The minimum Gasteiger partial charge on any atom is -0.480 e. The van der Waals surface area contributed by atoms with E-state index >= 15 is 0 Å². The van der Waals surface area contributed by atoms with Crippen LogP contribution in [0.25, 0.3) is 0 Å². The average molecular weight is 230 g/mol. The van der Waals surface area contributed by atoms with E-state index < -0.39 is 5.97 Å². The van der Waals surface area contributed by atoms with Crippen molar-refractivity contribution in [2.24, 2.45) is 0 Å². The molecule has 0 heterocycles. The highest BCUT2D eigenvalue weighted by Crippen LogP contribution is 2.09. The molecule has 0 aromatic carbocycles. The van der Waals surface area contributed by atoms with Gasteiger partial charge in [0.25, 0.3) is 0 Å². The van der Waals surface area contributed by atoms with Crippen LogP contribution in [0.3, 0.4) is 0 Å². The highest BCUT2D eigenvalue weighted by atomic mass is 16.4. The highest BCUT2D eigenvalue weighted by Gasteiger charge is 2.23. The SMILES string of the molecule is CCCN(CCC)C(CCCNC)C(=O)O. The predicted molar refractivity (Wildman–Crippen MR) is 66.7 cm³/mol. The zero-order valence-corrected chi connectivity index (χ0v) is 10.8. The first-order chi connectivity index (χ1) is 7.67. The summed E-state index contributed by atoms with van der Waals surface area (Å²) in [5.74, 6) is -0.682. The number of carboxylic acids is 1. The fourth-order valence-corrected chi connectivity index (χ4v) is 1.93. The summed E-state index contributed by atoms with van der Waals surface area (Å²) < 4.78 is 0. The monoisotopic (exact) mass is 230 g/mol. The Bertz CT molecular complexity index is 180. The standard InChI is InChI=1S/C12H26N2O2/c1-4-9-14(10-5-2)11(12(15)16)7-6-8-13-3/h11,13H,4-10H2,1-3H3,(H,15,16). The summed E-state index contributed by atoms with van der Waals surface area (Å²) in [5.41, 5.74) is 0. The normalized spacial score (nSPS) is 13.0. The van der Waals surface area contributed by atoms with E-state index in [0.29, 0.717) is 0 Å². The number of hydrogen-bond acceptors (Lipinski definition) is 3. The van der Waals surface area contributed by atoms with Crippen LogP contribution in [0.5, 0.6) is 0 Å². The van der Waals surface area contributed by atoms with E-state index in [2.05, 4.69) is 24.1 Å². The van der Waals surface area contributed by atoms with Crippen LogP contribution in [0, 0.1) is 0 Å². The van der Waals surface area contributed by atoms with Crippen LogP contribution in [-0.4, -0.2) is 48.7 Å². The molecule has 0 aromatic rings. The summed E-state index contributed by atoms with van der Waals surface area (Å²) in [7, 11) is 1.89. The second-order valence-corrected chi connectivity index (χ2v) is 4.14. The zero-order valence-electron chi connectivity index (χ0n) is 10.8. The molecule has 0 fully saturated rings. The molecule has 0 aromatic heterocycles. The lowest BCUT2D eigenvalue weighted by atomic mass is 10.1. The van der Waals surface area contributed by atoms with E-state index in [1.54, 1.807) is 0 Å². The van der Waals surface area contributed by atoms with Crippen LogP contribution < -0.4 is 5.32 Å². The number of nitrogens with zero attached hydrogens (tertiary/aromatic N) is 1. The van der Waals surface area contributed by atoms with Gasteiger partial charge in [-0.25, -0.2) is 0 Å². The van der Waals surface area contributed by atoms with Gasteiger partial charge in [-0.15, -0.1) is 0 Å². The molecule has 16 heavy (non-hydrogen) atoms. The van der Waals surface area contributed by atoms with Crippen LogP contribution in [0.1, 0.15) is 39.5 Å². The predicted octanol–water partition coefficient (Wildman–Crippen LogP) is 1.56. The molecule has 1 atom stereocenters. The highest BCUT2D eigenvalue weighted by molar-refractivity contribution is 5.73. The summed E-state index contributed by atoms with van der Waals surface area (Å²) in [4.78, 5) is 13.3. The quantitative estimate of drug-likeness (QED) is 0.559. The second-order valence-electron chi connectivity index (χ2n) is 4.14. The Labute approximate surface area is 99.0 Å². The first kappa shape index (κ1) is 15.4. The van der Waals surface area contributed by atoms with Crippen molar-refractivity contribution in [1.29, 1.82) is 0 Å². The molecule has 0 saturated carbocycles. The fourth-order valence-electron chi connectivity index (χ4n) is 1.93. The lowest BCUT2D eigenvalue weighted by Crippen LogP contribution is -2.42. The third-order valence-electron chi connectivity index (χ3n) is 2.65. The molecule has 0 radical (unpaired) electrons. The molecule has 0 spiro atoms. The minimum atomic E-state index is -0.682. The Kier molecular flexibility index (Phi) is 9.24. The zero-order chi connectivity index (χ0) is 12.4. The van der Waals surface area contributed by atoms with E-state index in [1.807, 2.05) is 7.05 Å². The second kappa shape index (κ2) is 9.60. The maximum absolute atomic E-state index is 11.2. The number of nitrogens with one attached hydrogen (secondary N) is 1. The van der Waals surface area contributed by atoms with Crippen molar-refractivity contribution in [2.75, 3.05) is 26.7 Å². The van der Waals surface area contributed by atoms with E-state index in [1.165, 1.54) is 0 Å². The maximum Gasteiger partial charge on any atom is 0.320 e. The van der Waals surface area contributed by atoms with Gasteiger partial charge in [0, 0.05) is 0 Å². The van der Waals surface area contributed by atoms with Gasteiger partial charge in [-0.3, -0.25) is 9.69 Å². The van der Waals surface area contributed by atoms with Crippen LogP contribution in [0.15, 0.2) is 0 Å². The summed E-state index contributed by atoms with van der Waals surface area (Å²) in [6.45, 7) is 6.83. The molecule has 0 saturated heterocycles. The Hall–Kier alpha value is -0.610. The van der Waals surface area contributed by atoms with Crippen LogP contribution in [0.4, 0.5) is 0 Å². The van der Waals surface area contributed by atoms with Crippen molar-refractivity contribution in [1.82, 2.24) is 10.2 Å². The molecule has 4 heteroatoms. The van der Waals surface area contributed by atoms with Gasteiger partial charge in [-0.1, -0.05) is 13.8 Å². The summed E-state index contributed by atoms with van der Waals surface area (Å²) in [6.07, 6.45) is 3.67. The van der Waals surface area contributed by atoms with Gasteiger partial charge < -0.3 is 10.4 Å². The topological polar surface area (TPSA) is 52.6 Å². The first-order valence-corrected chi connectivity index (χ1v) is 6.28. The molecule has 0 aliphatic rings. The Morgan fingerprint density at radius 3 is 2.25 bits per heavy atom. The first-order valence-electron chi connectivity index (χ1n) is 6.28. The largest absolute Gasteiger partial charge is 0.480 e. The van der Waals surface area contributed by atoms with Crippen LogP contribution in [0.2, 0.25) is 0 Å². The molecule has 4 nitrogen and oxygen atoms in total. The molecule has 1 unspecified atom stereocenters. The molecule has 0 bridgehead atoms. The Balaban J connectivity index is 4.26. The third-order valence-corrected chi connectivity index (χ3v) is 2.65. The van der Waals surface area contributed by atoms with Crippen molar-refractivity contribution >= 4 is 5.97 Å². The number of carboxylic acid groups (broad SMARTS) is 1. The molecule has 0 aliphatic heterocycles. The number of rotatable bonds is 10. The van der Waals surface area contributed by atoms with Gasteiger partial charge in [0.1, 0.15) is 6.04 Å². The van der Waals surface area contributed by atoms with Crippen molar-refractivity contribution < 1.29 is 9.90 Å².